The van der Waals surface area contributed by atoms with Gasteiger partial charge < -0.3 is 15.1 Å². The fraction of sp³-hybridized carbons (Fsp3) is 0.778. The predicted molar refractivity (Wildman–Crippen MR) is 48.6 cm³/mol. The summed E-state index contributed by atoms with van der Waals surface area (Å²) in [5, 5.41) is 17.4. The van der Waals surface area contributed by atoms with E-state index in [9.17, 15) is 9.59 Å². The van der Waals surface area contributed by atoms with E-state index in [1.54, 1.807) is 0 Å². The van der Waals surface area contributed by atoms with E-state index in [0.717, 1.165) is 12.8 Å². The molecule has 0 aromatic rings. The normalized spacial score (nSPS) is 22.1. The number of carbonyl (C=O) groups excluding carboxylic acids is 1. The third-order valence-electron chi connectivity index (χ3n) is 2.43. The summed E-state index contributed by atoms with van der Waals surface area (Å²) in [5.74, 6) is -1.33. The van der Waals surface area contributed by atoms with Gasteiger partial charge in [0.25, 0.3) is 0 Å². The van der Waals surface area contributed by atoms with E-state index in [-0.39, 0.29) is 18.4 Å². The summed E-state index contributed by atoms with van der Waals surface area (Å²) >= 11 is 0. The number of hydrogen-bond acceptors (Lipinski definition) is 3. The molecular weight excluding hydrogens is 186 g/mol. The van der Waals surface area contributed by atoms with Crippen LogP contribution in [0.5, 0.6) is 0 Å². The molecule has 5 heteroatoms. The highest BCUT2D eigenvalue weighted by atomic mass is 16.4. The molecule has 0 aliphatic carbocycles. The van der Waals surface area contributed by atoms with Gasteiger partial charge in [-0.1, -0.05) is 0 Å². The Bertz CT molecular complexity index is 229. The number of likely N-dealkylation sites (tertiary alicyclic amines) is 1. The summed E-state index contributed by atoms with van der Waals surface area (Å²) in [7, 11) is 0. The van der Waals surface area contributed by atoms with Crippen LogP contribution in [0.4, 0.5) is 0 Å². The number of amides is 1. The summed E-state index contributed by atoms with van der Waals surface area (Å²) in [4.78, 5) is 23.2. The third-order valence-corrected chi connectivity index (χ3v) is 2.43. The Hall–Kier alpha value is -1.10. The molecule has 14 heavy (non-hydrogen) atoms. The van der Waals surface area contributed by atoms with E-state index in [2.05, 4.69) is 0 Å². The molecule has 1 aliphatic heterocycles. The fourth-order valence-electron chi connectivity index (χ4n) is 1.68. The molecule has 0 aromatic carbocycles. The maximum atomic E-state index is 11.3. The largest absolute Gasteiger partial charge is 0.481 e. The van der Waals surface area contributed by atoms with E-state index >= 15 is 0 Å². The first-order valence-corrected chi connectivity index (χ1v) is 4.74. The van der Waals surface area contributed by atoms with Gasteiger partial charge in [-0.2, -0.15) is 0 Å². The van der Waals surface area contributed by atoms with E-state index in [1.165, 1.54) is 4.90 Å². The Kier molecular flexibility index (Phi) is 3.88. The molecule has 5 nitrogen and oxygen atoms in total. The molecule has 1 fully saturated rings. The van der Waals surface area contributed by atoms with Crippen molar-refractivity contribution in [3.63, 3.8) is 0 Å². The van der Waals surface area contributed by atoms with Gasteiger partial charge in [-0.15, -0.1) is 0 Å². The molecule has 1 rings (SSSR count). The lowest BCUT2D eigenvalue weighted by molar-refractivity contribution is -0.145. The minimum absolute atomic E-state index is 0.0663. The van der Waals surface area contributed by atoms with Crippen LogP contribution in [0.2, 0.25) is 0 Å². The molecule has 2 N–H and O–H groups in total. The molecule has 0 bridgehead atoms. The van der Waals surface area contributed by atoms with Gasteiger partial charge in [0.15, 0.2) is 0 Å². The Labute approximate surface area is 82.3 Å². The average Bonchev–Trinajstić information content (AvgIpc) is 2.17. The quantitative estimate of drug-likeness (QED) is 0.614. The molecule has 1 amide bonds. The number of aliphatic carboxylic acids is 1. The summed E-state index contributed by atoms with van der Waals surface area (Å²) in [6.45, 7) is 1.17. The average molecular weight is 201 g/mol. The third kappa shape index (κ3) is 2.99. The summed E-state index contributed by atoms with van der Waals surface area (Å²) in [6, 6.07) is 0. The van der Waals surface area contributed by atoms with Crippen LogP contribution < -0.4 is 0 Å². The maximum absolute atomic E-state index is 11.3. The lowest BCUT2D eigenvalue weighted by atomic mass is 9.99. The lowest BCUT2D eigenvalue weighted by Crippen LogP contribution is -2.41. The van der Waals surface area contributed by atoms with Crippen LogP contribution in [0.25, 0.3) is 0 Å². The van der Waals surface area contributed by atoms with Gasteiger partial charge in [0.2, 0.25) is 5.91 Å². The first kappa shape index (κ1) is 11.0. The van der Waals surface area contributed by atoms with Gasteiger partial charge in [0.1, 0.15) is 6.42 Å². The number of piperidine rings is 1. The van der Waals surface area contributed by atoms with Crippen LogP contribution >= 0.6 is 0 Å². The highest BCUT2D eigenvalue weighted by Crippen LogP contribution is 2.16. The van der Waals surface area contributed by atoms with Crippen molar-refractivity contribution in [2.75, 3.05) is 19.7 Å². The molecular formula is C9H15NO4. The predicted octanol–water partition coefficient (Wildman–Crippen LogP) is -0.308. The molecule has 1 unspecified atom stereocenters. The van der Waals surface area contributed by atoms with Gasteiger partial charge in [-0.3, -0.25) is 9.59 Å². The van der Waals surface area contributed by atoms with Crippen molar-refractivity contribution in [1.29, 1.82) is 0 Å². The zero-order valence-corrected chi connectivity index (χ0v) is 7.98. The number of nitrogens with zero attached hydrogens (tertiary/aromatic N) is 1. The molecule has 0 radical (unpaired) electrons. The number of carboxylic acids is 1. The molecule has 1 saturated heterocycles. The number of carbonyl (C=O) groups is 2. The van der Waals surface area contributed by atoms with Gasteiger partial charge >= 0.3 is 5.97 Å². The first-order chi connectivity index (χ1) is 6.63. The summed E-state index contributed by atoms with van der Waals surface area (Å²) in [6.07, 6.45) is 1.31. The Morgan fingerprint density at radius 2 is 2.14 bits per heavy atom. The fourth-order valence-corrected chi connectivity index (χ4v) is 1.68. The van der Waals surface area contributed by atoms with E-state index in [1.807, 2.05) is 0 Å². The second-order valence-corrected chi connectivity index (χ2v) is 3.60. The minimum atomic E-state index is -1.10. The lowest BCUT2D eigenvalue weighted by Gasteiger charge is -2.31. The molecule has 0 saturated carbocycles. The molecule has 0 aromatic heterocycles. The topological polar surface area (TPSA) is 77.8 Å². The molecule has 80 valence electrons. The van der Waals surface area contributed by atoms with Crippen molar-refractivity contribution in [2.24, 2.45) is 5.92 Å². The Morgan fingerprint density at radius 1 is 1.43 bits per heavy atom. The highest BCUT2D eigenvalue weighted by molar-refractivity contribution is 5.93. The zero-order chi connectivity index (χ0) is 10.6. The van der Waals surface area contributed by atoms with Crippen molar-refractivity contribution in [3.8, 4) is 0 Å². The van der Waals surface area contributed by atoms with Crippen LogP contribution in [0.1, 0.15) is 19.3 Å². The molecule has 1 atom stereocenters. The van der Waals surface area contributed by atoms with Gasteiger partial charge in [0, 0.05) is 19.7 Å². The standard InChI is InChI=1S/C9H15NO4/c11-6-7-2-1-3-10(5-7)8(12)4-9(13)14/h7,11H,1-6H2,(H,13,14). The zero-order valence-electron chi connectivity index (χ0n) is 7.98. The molecule has 1 aliphatic rings. The molecule has 1 heterocycles. The van der Waals surface area contributed by atoms with Crippen molar-refractivity contribution >= 4 is 11.9 Å². The number of hydrogen-bond donors (Lipinski definition) is 2. The number of aliphatic hydroxyl groups is 1. The Balaban J connectivity index is 2.43. The van der Waals surface area contributed by atoms with Crippen molar-refractivity contribution in [2.45, 2.75) is 19.3 Å². The van der Waals surface area contributed by atoms with Gasteiger partial charge in [0.05, 0.1) is 0 Å². The van der Waals surface area contributed by atoms with Crippen LogP contribution in [-0.2, 0) is 9.59 Å². The monoisotopic (exact) mass is 201 g/mol. The number of rotatable bonds is 3. The minimum Gasteiger partial charge on any atom is -0.481 e. The first-order valence-electron chi connectivity index (χ1n) is 4.74. The van der Waals surface area contributed by atoms with Crippen LogP contribution in [0.3, 0.4) is 0 Å². The summed E-state index contributed by atoms with van der Waals surface area (Å²) in [5.41, 5.74) is 0. The van der Waals surface area contributed by atoms with Gasteiger partial charge in [-0.25, -0.2) is 0 Å². The summed E-state index contributed by atoms with van der Waals surface area (Å²) < 4.78 is 0. The van der Waals surface area contributed by atoms with E-state index in [4.69, 9.17) is 10.2 Å². The van der Waals surface area contributed by atoms with Crippen LogP contribution in [0.15, 0.2) is 0 Å². The van der Waals surface area contributed by atoms with Crippen LogP contribution in [0, 0.1) is 5.92 Å². The van der Waals surface area contributed by atoms with Crippen molar-refractivity contribution in [1.82, 2.24) is 4.90 Å². The van der Waals surface area contributed by atoms with Crippen molar-refractivity contribution in [3.05, 3.63) is 0 Å². The second kappa shape index (κ2) is 4.95. The number of carboxylic acid groups (broad SMARTS) is 1. The maximum Gasteiger partial charge on any atom is 0.312 e. The van der Waals surface area contributed by atoms with E-state index in [0.29, 0.717) is 13.1 Å². The number of aliphatic hydroxyl groups excluding tert-OH is 1. The SMILES string of the molecule is O=C(O)CC(=O)N1CCCC(CO)C1. The van der Waals surface area contributed by atoms with Gasteiger partial charge in [-0.05, 0) is 18.8 Å². The van der Waals surface area contributed by atoms with E-state index < -0.39 is 12.4 Å². The highest BCUT2D eigenvalue weighted by Gasteiger charge is 2.24. The Morgan fingerprint density at radius 3 is 2.71 bits per heavy atom. The van der Waals surface area contributed by atoms with Crippen molar-refractivity contribution < 1.29 is 19.8 Å². The smallest absolute Gasteiger partial charge is 0.312 e. The van der Waals surface area contributed by atoms with Crippen LogP contribution in [-0.4, -0.2) is 46.7 Å². The second-order valence-electron chi connectivity index (χ2n) is 3.60. The molecule has 0 spiro atoms.